The van der Waals surface area contributed by atoms with E-state index in [1.807, 2.05) is 13.0 Å². The predicted molar refractivity (Wildman–Crippen MR) is 90.8 cm³/mol. The van der Waals surface area contributed by atoms with Crippen LogP contribution < -0.4 is 10.7 Å². The normalized spacial score (nSPS) is 10.7. The van der Waals surface area contributed by atoms with Crippen molar-refractivity contribution in [2.24, 2.45) is 0 Å². The van der Waals surface area contributed by atoms with Crippen molar-refractivity contribution in [2.75, 3.05) is 5.32 Å². The molecule has 2 aromatic heterocycles. The molecular weight excluding hydrogens is 314 g/mol. The quantitative estimate of drug-likeness (QED) is 0.804. The third-order valence-corrected chi connectivity index (χ3v) is 3.67. The second-order valence-electron chi connectivity index (χ2n) is 5.24. The molecule has 1 aromatic carbocycles. The summed E-state index contributed by atoms with van der Waals surface area (Å²) in [7, 11) is 0. The van der Waals surface area contributed by atoms with Crippen LogP contribution in [0.4, 0.5) is 5.82 Å². The van der Waals surface area contributed by atoms with E-state index in [-0.39, 0.29) is 17.9 Å². The van der Waals surface area contributed by atoms with E-state index < -0.39 is 0 Å². The van der Waals surface area contributed by atoms with Crippen LogP contribution in [-0.2, 0) is 11.3 Å². The molecule has 5 nitrogen and oxygen atoms in total. The Bertz CT molecular complexity index is 933. The van der Waals surface area contributed by atoms with Gasteiger partial charge < -0.3 is 9.88 Å². The Hall–Kier alpha value is -2.66. The molecule has 3 aromatic rings. The summed E-state index contributed by atoms with van der Waals surface area (Å²) in [6.07, 6.45) is 3.28. The van der Waals surface area contributed by atoms with Crippen molar-refractivity contribution in [1.82, 2.24) is 9.55 Å². The Morgan fingerprint density at radius 3 is 2.83 bits per heavy atom. The number of aryl methyl sites for hydroxylation is 1. The molecule has 0 aliphatic carbocycles. The Kier molecular flexibility index (Phi) is 4.12. The molecule has 0 unspecified atom stereocenters. The van der Waals surface area contributed by atoms with Gasteiger partial charge >= 0.3 is 0 Å². The summed E-state index contributed by atoms with van der Waals surface area (Å²) in [5.41, 5.74) is 1.56. The minimum atomic E-state index is -0.221. The molecule has 0 aliphatic heterocycles. The number of fused-ring (bicyclic) bond motifs is 1. The summed E-state index contributed by atoms with van der Waals surface area (Å²) in [4.78, 5) is 28.2. The Morgan fingerprint density at radius 1 is 1.26 bits per heavy atom. The highest BCUT2D eigenvalue weighted by Gasteiger charge is 2.08. The first-order valence-electron chi connectivity index (χ1n) is 7.04. The Balaban J connectivity index is 1.86. The lowest BCUT2D eigenvalue weighted by Gasteiger charge is -2.11. The first kappa shape index (κ1) is 15.2. The Labute approximate surface area is 137 Å². The number of hydrogen-bond donors (Lipinski definition) is 1. The molecule has 0 bridgehead atoms. The molecule has 0 saturated heterocycles. The van der Waals surface area contributed by atoms with Gasteiger partial charge in [-0.05, 0) is 36.8 Å². The van der Waals surface area contributed by atoms with Gasteiger partial charge in [0.15, 0.2) is 5.43 Å². The van der Waals surface area contributed by atoms with Crippen molar-refractivity contribution in [1.29, 1.82) is 0 Å². The van der Waals surface area contributed by atoms with Crippen molar-refractivity contribution in [3.05, 3.63) is 69.6 Å². The van der Waals surface area contributed by atoms with Gasteiger partial charge in [-0.15, -0.1) is 0 Å². The van der Waals surface area contributed by atoms with E-state index in [1.54, 1.807) is 41.2 Å². The van der Waals surface area contributed by atoms with E-state index in [2.05, 4.69) is 10.3 Å². The van der Waals surface area contributed by atoms with Gasteiger partial charge in [-0.2, -0.15) is 0 Å². The van der Waals surface area contributed by atoms with Gasteiger partial charge in [0.1, 0.15) is 12.4 Å². The molecule has 0 atom stereocenters. The number of carbonyl (C=O) groups excluding carboxylic acids is 1. The zero-order chi connectivity index (χ0) is 16.4. The Morgan fingerprint density at radius 2 is 2.09 bits per heavy atom. The predicted octanol–water partition coefficient (Wildman–Crippen LogP) is 3.00. The van der Waals surface area contributed by atoms with Crippen LogP contribution in [0.5, 0.6) is 0 Å². The highest BCUT2D eigenvalue weighted by molar-refractivity contribution is 6.31. The number of nitrogens with one attached hydrogen (secondary N) is 1. The fraction of sp³-hybridized carbons (Fsp3) is 0.118. The maximum Gasteiger partial charge on any atom is 0.245 e. The molecule has 2 heterocycles. The summed E-state index contributed by atoms with van der Waals surface area (Å²) in [6, 6.07) is 10.1. The number of amides is 1. The lowest BCUT2D eigenvalue weighted by Crippen LogP contribution is -2.20. The highest BCUT2D eigenvalue weighted by Crippen LogP contribution is 2.16. The van der Waals surface area contributed by atoms with Gasteiger partial charge in [-0.25, -0.2) is 4.98 Å². The zero-order valence-electron chi connectivity index (χ0n) is 12.4. The molecular formula is C17H14ClN3O2. The number of benzene rings is 1. The fourth-order valence-corrected chi connectivity index (χ4v) is 2.47. The molecule has 1 amide bonds. The molecule has 0 spiro atoms. The van der Waals surface area contributed by atoms with E-state index in [0.29, 0.717) is 21.7 Å². The zero-order valence-corrected chi connectivity index (χ0v) is 13.2. The van der Waals surface area contributed by atoms with E-state index in [0.717, 1.165) is 5.56 Å². The van der Waals surface area contributed by atoms with Crippen LogP contribution in [0.1, 0.15) is 5.56 Å². The van der Waals surface area contributed by atoms with Crippen molar-refractivity contribution in [3.63, 3.8) is 0 Å². The number of nitrogens with zero attached hydrogens (tertiary/aromatic N) is 2. The van der Waals surface area contributed by atoms with Gasteiger partial charge in [-0.1, -0.05) is 17.7 Å². The van der Waals surface area contributed by atoms with Crippen molar-refractivity contribution in [3.8, 4) is 0 Å². The molecule has 3 rings (SSSR count). The molecule has 1 N–H and O–H groups in total. The van der Waals surface area contributed by atoms with Gasteiger partial charge in [0, 0.05) is 28.9 Å². The van der Waals surface area contributed by atoms with Crippen LogP contribution in [0.25, 0.3) is 10.9 Å². The molecule has 0 radical (unpaired) electrons. The van der Waals surface area contributed by atoms with E-state index in [1.165, 1.54) is 6.07 Å². The molecule has 0 fully saturated rings. The van der Waals surface area contributed by atoms with E-state index in [4.69, 9.17) is 11.6 Å². The van der Waals surface area contributed by atoms with Crippen LogP contribution >= 0.6 is 11.6 Å². The lowest BCUT2D eigenvalue weighted by atomic mass is 10.2. The monoisotopic (exact) mass is 327 g/mol. The summed E-state index contributed by atoms with van der Waals surface area (Å²) < 4.78 is 1.70. The number of aromatic nitrogens is 2. The van der Waals surface area contributed by atoms with E-state index in [9.17, 15) is 9.59 Å². The number of anilines is 1. The molecule has 0 saturated carbocycles. The largest absolute Gasteiger partial charge is 0.338 e. The first-order chi connectivity index (χ1) is 11.0. The average Bonchev–Trinajstić information content (AvgIpc) is 2.52. The summed E-state index contributed by atoms with van der Waals surface area (Å²) >= 11 is 5.93. The number of hydrogen-bond acceptors (Lipinski definition) is 3. The van der Waals surface area contributed by atoms with Gasteiger partial charge in [0.2, 0.25) is 5.91 Å². The van der Waals surface area contributed by atoms with Crippen molar-refractivity contribution >= 4 is 34.2 Å². The highest BCUT2D eigenvalue weighted by atomic mass is 35.5. The van der Waals surface area contributed by atoms with Crippen LogP contribution in [-0.4, -0.2) is 15.5 Å². The average molecular weight is 328 g/mol. The van der Waals surface area contributed by atoms with Crippen LogP contribution in [0.3, 0.4) is 0 Å². The summed E-state index contributed by atoms with van der Waals surface area (Å²) in [5, 5.41) is 3.71. The van der Waals surface area contributed by atoms with Crippen LogP contribution in [0.2, 0.25) is 5.02 Å². The molecule has 116 valence electrons. The number of rotatable bonds is 3. The SMILES string of the molecule is Cc1ccc(NC(=O)Cn2ccc(=O)c3cc(Cl)ccc32)nc1. The standard InChI is InChI=1S/C17H14ClN3O2/c1-11-2-5-16(19-9-11)20-17(23)10-21-7-6-15(22)13-8-12(18)3-4-14(13)21/h2-9H,10H2,1H3,(H,19,20,23). The van der Waals surface area contributed by atoms with Gasteiger partial charge in [0.05, 0.1) is 5.52 Å². The minimum absolute atomic E-state index is 0.0774. The van der Waals surface area contributed by atoms with Gasteiger partial charge in [-0.3, -0.25) is 9.59 Å². The number of pyridine rings is 2. The first-order valence-corrected chi connectivity index (χ1v) is 7.42. The maximum absolute atomic E-state index is 12.2. The van der Waals surface area contributed by atoms with Crippen molar-refractivity contribution < 1.29 is 4.79 Å². The summed E-state index contributed by atoms with van der Waals surface area (Å²) in [5.74, 6) is 0.273. The van der Waals surface area contributed by atoms with Gasteiger partial charge in [0.25, 0.3) is 0 Å². The maximum atomic E-state index is 12.2. The number of carbonyl (C=O) groups is 1. The van der Waals surface area contributed by atoms with Crippen LogP contribution in [0, 0.1) is 6.92 Å². The molecule has 0 aliphatic rings. The third kappa shape index (κ3) is 3.40. The number of halogens is 1. The second-order valence-corrected chi connectivity index (χ2v) is 5.67. The molecule has 23 heavy (non-hydrogen) atoms. The fourth-order valence-electron chi connectivity index (χ4n) is 2.30. The topological polar surface area (TPSA) is 64.0 Å². The van der Waals surface area contributed by atoms with Crippen molar-refractivity contribution in [2.45, 2.75) is 13.5 Å². The minimum Gasteiger partial charge on any atom is -0.338 e. The second kappa shape index (κ2) is 6.22. The lowest BCUT2D eigenvalue weighted by molar-refractivity contribution is -0.116. The summed E-state index contributed by atoms with van der Waals surface area (Å²) in [6.45, 7) is 2.00. The van der Waals surface area contributed by atoms with E-state index >= 15 is 0 Å². The smallest absolute Gasteiger partial charge is 0.245 e. The molecule has 6 heteroatoms. The van der Waals surface area contributed by atoms with Crippen LogP contribution in [0.15, 0.2) is 53.6 Å². The third-order valence-electron chi connectivity index (χ3n) is 3.43.